The van der Waals surface area contributed by atoms with Crippen molar-refractivity contribution in [1.29, 1.82) is 0 Å². The molecule has 24 heavy (non-hydrogen) atoms. The zero-order valence-electron chi connectivity index (χ0n) is 15.0. The fourth-order valence-corrected chi connectivity index (χ4v) is 4.24. The van der Waals surface area contributed by atoms with E-state index in [1.807, 2.05) is 13.8 Å². The molecule has 0 aromatic heterocycles. The highest BCUT2D eigenvalue weighted by Gasteiger charge is 2.29. The molecule has 1 aliphatic rings. The normalized spacial score (nSPS) is 17.2. The summed E-state index contributed by atoms with van der Waals surface area (Å²) in [5.41, 5.74) is 0. The molecular formula is C17H28N2O4S. The van der Waals surface area contributed by atoms with E-state index in [1.165, 1.54) is 0 Å². The maximum atomic E-state index is 12.9. The van der Waals surface area contributed by atoms with Crippen LogP contribution in [-0.4, -0.2) is 63.1 Å². The molecule has 0 bridgehead atoms. The lowest BCUT2D eigenvalue weighted by Gasteiger charge is -2.36. The third kappa shape index (κ3) is 4.20. The topological polar surface area (TPSA) is 59.1 Å². The predicted molar refractivity (Wildman–Crippen MR) is 94.2 cm³/mol. The summed E-state index contributed by atoms with van der Waals surface area (Å²) >= 11 is 0. The van der Waals surface area contributed by atoms with Crippen molar-refractivity contribution in [2.75, 3.05) is 39.4 Å². The van der Waals surface area contributed by atoms with Crippen LogP contribution in [0, 0.1) is 0 Å². The highest BCUT2D eigenvalue weighted by atomic mass is 32.2. The van der Waals surface area contributed by atoms with E-state index < -0.39 is 10.0 Å². The summed E-state index contributed by atoms with van der Waals surface area (Å²) in [6.07, 6.45) is 0. The Balaban J connectivity index is 2.21. The summed E-state index contributed by atoms with van der Waals surface area (Å²) in [5.74, 6) is 1.05. The Kier molecular flexibility index (Phi) is 6.48. The molecule has 0 aliphatic carbocycles. The molecule has 0 unspecified atom stereocenters. The van der Waals surface area contributed by atoms with Gasteiger partial charge in [-0.1, -0.05) is 0 Å². The Hall–Kier alpha value is -1.31. The molecule has 0 saturated carbocycles. The number of hydrogen-bond acceptors (Lipinski definition) is 5. The maximum absolute atomic E-state index is 12.9. The zero-order valence-corrected chi connectivity index (χ0v) is 15.8. The number of benzene rings is 1. The maximum Gasteiger partial charge on any atom is 0.243 e. The molecule has 136 valence electrons. The van der Waals surface area contributed by atoms with Gasteiger partial charge >= 0.3 is 0 Å². The first-order valence-electron chi connectivity index (χ1n) is 8.54. The van der Waals surface area contributed by atoms with Gasteiger partial charge in [-0.3, -0.25) is 4.90 Å². The van der Waals surface area contributed by atoms with Crippen molar-refractivity contribution in [3.05, 3.63) is 18.2 Å². The molecule has 1 aliphatic heterocycles. The molecule has 1 fully saturated rings. The van der Waals surface area contributed by atoms with E-state index in [4.69, 9.17) is 9.47 Å². The summed E-state index contributed by atoms with van der Waals surface area (Å²) in [4.78, 5) is 2.54. The Morgan fingerprint density at radius 1 is 1.00 bits per heavy atom. The standard InChI is InChI=1S/C17H28N2O4S/c1-5-22-16-8-7-15(13-17(16)23-6-2)24(20,21)19-11-9-18(10-12-19)14(3)4/h7-8,13-14H,5-6,9-12H2,1-4H3. The molecular weight excluding hydrogens is 328 g/mol. The molecule has 1 aromatic rings. The summed E-state index contributed by atoms with van der Waals surface area (Å²) in [6.45, 7) is 11.5. The van der Waals surface area contributed by atoms with Gasteiger partial charge < -0.3 is 9.47 Å². The first-order valence-corrected chi connectivity index (χ1v) is 9.98. The molecule has 0 N–H and O–H groups in total. The zero-order chi connectivity index (χ0) is 17.7. The van der Waals surface area contributed by atoms with Gasteiger partial charge in [-0.05, 0) is 39.8 Å². The van der Waals surface area contributed by atoms with Crippen LogP contribution in [0.1, 0.15) is 27.7 Å². The largest absolute Gasteiger partial charge is 0.490 e. The van der Waals surface area contributed by atoms with Crippen molar-refractivity contribution < 1.29 is 17.9 Å². The number of piperazine rings is 1. The molecule has 6 nitrogen and oxygen atoms in total. The highest BCUT2D eigenvalue weighted by Crippen LogP contribution is 2.31. The number of nitrogens with zero attached hydrogens (tertiary/aromatic N) is 2. The lowest BCUT2D eigenvalue weighted by molar-refractivity contribution is 0.154. The van der Waals surface area contributed by atoms with Crippen LogP contribution in [-0.2, 0) is 10.0 Å². The van der Waals surface area contributed by atoms with Gasteiger partial charge in [0, 0.05) is 38.3 Å². The highest BCUT2D eigenvalue weighted by molar-refractivity contribution is 7.89. The third-order valence-electron chi connectivity index (χ3n) is 4.16. The van der Waals surface area contributed by atoms with Gasteiger partial charge in [-0.15, -0.1) is 0 Å². The van der Waals surface area contributed by atoms with Crippen LogP contribution in [0.25, 0.3) is 0 Å². The van der Waals surface area contributed by atoms with Gasteiger partial charge in [0.1, 0.15) is 0 Å². The van der Waals surface area contributed by atoms with E-state index in [2.05, 4.69) is 18.7 Å². The van der Waals surface area contributed by atoms with Crippen molar-refractivity contribution >= 4 is 10.0 Å². The van der Waals surface area contributed by atoms with Crippen LogP contribution in [0.4, 0.5) is 0 Å². The van der Waals surface area contributed by atoms with Gasteiger partial charge in [0.25, 0.3) is 0 Å². The number of ether oxygens (including phenoxy) is 2. The lowest BCUT2D eigenvalue weighted by Crippen LogP contribution is -2.50. The minimum Gasteiger partial charge on any atom is -0.490 e. The predicted octanol–water partition coefficient (Wildman–Crippen LogP) is 2.20. The van der Waals surface area contributed by atoms with Gasteiger partial charge in [-0.2, -0.15) is 4.31 Å². The minimum absolute atomic E-state index is 0.257. The Morgan fingerprint density at radius 2 is 1.58 bits per heavy atom. The van der Waals surface area contributed by atoms with Crippen molar-refractivity contribution in [3.8, 4) is 11.5 Å². The number of sulfonamides is 1. The van der Waals surface area contributed by atoms with E-state index in [0.717, 1.165) is 13.1 Å². The summed E-state index contributed by atoms with van der Waals surface area (Å²) in [6, 6.07) is 5.27. The van der Waals surface area contributed by atoms with Crippen LogP contribution < -0.4 is 9.47 Å². The molecule has 0 radical (unpaired) electrons. The van der Waals surface area contributed by atoms with Crippen molar-refractivity contribution in [1.82, 2.24) is 9.21 Å². The second-order valence-corrected chi connectivity index (χ2v) is 7.95. The van der Waals surface area contributed by atoms with Crippen LogP contribution in [0.15, 0.2) is 23.1 Å². The van der Waals surface area contributed by atoms with Crippen LogP contribution in [0.3, 0.4) is 0 Å². The first kappa shape index (κ1) is 19.0. The average Bonchev–Trinajstić information content (AvgIpc) is 2.57. The SMILES string of the molecule is CCOc1ccc(S(=O)(=O)N2CCN(C(C)C)CC2)cc1OCC. The third-order valence-corrected chi connectivity index (χ3v) is 6.05. The van der Waals surface area contributed by atoms with Gasteiger partial charge in [0.15, 0.2) is 11.5 Å². The fraction of sp³-hybridized carbons (Fsp3) is 0.647. The van der Waals surface area contributed by atoms with Crippen LogP contribution in [0.5, 0.6) is 11.5 Å². The van der Waals surface area contributed by atoms with Gasteiger partial charge in [0.05, 0.1) is 18.1 Å². The summed E-state index contributed by atoms with van der Waals surface area (Å²) in [5, 5.41) is 0. The first-order chi connectivity index (χ1) is 11.4. The lowest BCUT2D eigenvalue weighted by atomic mass is 10.3. The van der Waals surface area contributed by atoms with Crippen LogP contribution >= 0.6 is 0 Å². The Morgan fingerprint density at radius 3 is 2.12 bits per heavy atom. The molecule has 1 heterocycles. The molecule has 0 amide bonds. The van der Waals surface area contributed by atoms with Crippen molar-refractivity contribution in [2.24, 2.45) is 0 Å². The van der Waals surface area contributed by atoms with E-state index in [0.29, 0.717) is 43.8 Å². The molecule has 0 atom stereocenters. The van der Waals surface area contributed by atoms with Gasteiger partial charge in [0.2, 0.25) is 10.0 Å². The molecule has 1 aromatic carbocycles. The summed E-state index contributed by atoms with van der Waals surface area (Å²) in [7, 11) is -3.51. The van der Waals surface area contributed by atoms with E-state index in [-0.39, 0.29) is 4.90 Å². The minimum atomic E-state index is -3.51. The molecule has 2 rings (SSSR count). The van der Waals surface area contributed by atoms with Crippen molar-refractivity contribution in [2.45, 2.75) is 38.6 Å². The van der Waals surface area contributed by atoms with E-state index >= 15 is 0 Å². The monoisotopic (exact) mass is 356 g/mol. The molecule has 1 saturated heterocycles. The number of hydrogen-bond donors (Lipinski definition) is 0. The molecule has 7 heteroatoms. The van der Waals surface area contributed by atoms with E-state index in [1.54, 1.807) is 22.5 Å². The van der Waals surface area contributed by atoms with Crippen LogP contribution in [0.2, 0.25) is 0 Å². The second kappa shape index (κ2) is 8.18. The Bertz CT molecular complexity index is 638. The molecule has 0 spiro atoms. The van der Waals surface area contributed by atoms with E-state index in [9.17, 15) is 8.42 Å². The number of rotatable bonds is 7. The quantitative estimate of drug-likeness (QED) is 0.750. The summed E-state index contributed by atoms with van der Waals surface area (Å²) < 4.78 is 38.4. The van der Waals surface area contributed by atoms with Gasteiger partial charge in [-0.25, -0.2) is 8.42 Å². The van der Waals surface area contributed by atoms with Crippen molar-refractivity contribution in [3.63, 3.8) is 0 Å². The average molecular weight is 356 g/mol. The second-order valence-electron chi connectivity index (χ2n) is 6.01. The Labute approximate surface area is 145 Å². The smallest absolute Gasteiger partial charge is 0.243 e. The fourth-order valence-electron chi connectivity index (χ4n) is 2.80.